The second-order valence-corrected chi connectivity index (χ2v) is 7.35. The number of hydrogen-bond acceptors (Lipinski definition) is 1. The van der Waals surface area contributed by atoms with Gasteiger partial charge in [-0.25, -0.2) is 0 Å². The highest BCUT2D eigenvalue weighted by Crippen LogP contribution is 2.41. The summed E-state index contributed by atoms with van der Waals surface area (Å²) in [5, 5.41) is 8.90. The van der Waals surface area contributed by atoms with Gasteiger partial charge >= 0.3 is 5.97 Å². The summed E-state index contributed by atoms with van der Waals surface area (Å²) in [7, 11) is 0. The fourth-order valence-corrected chi connectivity index (χ4v) is 4.39. The second-order valence-electron chi connectivity index (χ2n) is 7.35. The molecule has 0 radical (unpaired) electrons. The first-order valence-corrected chi connectivity index (χ1v) is 8.89. The molecule has 0 aromatic carbocycles. The Balaban J connectivity index is 1.60. The molecule has 1 N–H and O–H groups in total. The normalized spacial score (nSPS) is 30.1. The first-order chi connectivity index (χ1) is 9.66. The van der Waals surface area contributed by atoms with E-state index in [1.165, 1.54) is 64.2 Å². The average Bonchev–Trinajstić information content (AvgIpc) is 2.48. The van der Waals surface area contributed by atoms with Crippen LogP contribution in [0.1, 0.15) is 84.0 Å². The van der Waals surface area contributed by atoms with Gasteiger partial charge in [-0.1, -0.05) is 64.7 Å². The predicted molar refractivity (Wildman–Crippen MR) is 82.7 cm³/mol. The largest absolute Gasteiger partial charge is 0.481 e. The van der Waals surface area contributed by atoms with E-state index in [-0.39, 0.29) is 5.92 Å². The lowest BCUT2D eigenvalue weighted by Gasteiger charge is -2.36. The molecule has 2 aliphatic carbocycles. The molecule has 2 aliphatic rings. The highest BCUT2D eigenvalue weighted by molar-refractivity contribution is 5.69. The monoisotopic (exact) mass is 280 g/mol. The minimum atomic E-state index is -0.633. The molecule has 0 heterocycles. The van der Waals surface area contributed by atoms with E-state index in [0.29, 0.717) is 0 Å². The molecule has 2 saturated carbocycles. The summed E-state index contributed by atoms with van der Waals surface area (Å²) < 4.78 is 0. The molecule has 2 nitrogen and oxygen atoms in total. The molecule has 2 heteroatoms. The van der Waals surface area contributed by atoms with Crippen molar-refractivity contribution in [2.75, 3.05) is 0 Å². The van der Waals surface area contributed by atoms with Gasteiger partial charge in [0.05, 0.1) is 5.92 Å². The van der Waals surface area contributed by atoms with Crippen LogP contribution in [0.5, 0.6) is 0 Å². The third-order valence-electron chi connectivity index (χ3n) is 5.88. The summed E-state index contributed by atoms with van der Waals surface area (Å²) in [4.78, 5) is 10.8. The maximum atomic E-state index is 10.8. The van der Waals surface area contributed by atoms with Crippen LogP contribution < -0.4 is 0 Å². The van der Waals surface area contributed by atoms with Crippen molar-refractivity contribution < 1.29 is 9.90 Å². The lowest BCUT2D eigenvalue weighted by Crippen LogP contribution is -2.23. The highest BCUT2D eigenvalue weighted by atomic mass is 16.4. The van der Waals surface area contributed by atoms with Gasteiger partial charge in [0.2, 0.25) is 0 Å². The average molecular weight is 280 g/mol. The van der Waals surface area contributed by atoms with Crippen LogP contribution in [0.2, 0.25) is 0 Å². The van der Waals surface area contributed by atoms with Crippen molar-refractivity contribution in [2.45, 2.75) is 84.0 Å². The van der Waals surface area contributed by atoms with Crippen molar-refractivity contribution >= 4 is 5.97 Å². The lowest BCUT2D eigenvalue weighted by molar-refractivity contribution is -0.141. The van der Waals surface area contributed by atoms with E-state index < -0.39 is 5.97 Å². The van der Waals surface area contributed by atoms with Crippen molar-refractivity contribution in [3.8, 4) is 0 Å². The van der Waals surface area contributed by atoms with Gasteiger partial charge in [0, 0.05) is 0 Å². The Hall–Kier alpha value is -0.530. The topological polar surface area (TPSA) is 37.3 Å². The molecule has 0 aromatic heterocycles. The van der Waals surface area contributed by atoms with Crippen LogP contribution >= 0.6 is 0 Å². The molecule has 1 atom stereocenters. The van der Waals surface area contributed by atoms with E-state index in [0.717, 1.165) is 30.6 Å². The summed E-state index contributed by atoms with van der Waals surface area (Å²) in [5.74, 6) is 2.15. The van der Waals surface area contributed by atoms with Crippen LogP contribution in [0.4, 0.5) is 0 Å². The Bertz CT molecular complexity index is 286. The Morgan fingerprint density at radius 3 is 2.20 bits per heavy atom. The minimum absolute atomic E-state index is 0.159. The molecule has 1 unspecified atom stereocenters. The summed E-state index contributed by atoms with van der Waals surface area (Å²) in [5.41, 5.74) is 0. The number of aliphatic carboxylic acids is 1. The Labute approximate surface area is 124 Å². The summed E-state index contributed by atoms with van der Waals surface area (Å²) in [6.07, 6.45) is 16.3. The van der Waals surface area contributed by atoms with E-state index in [2.05, 4.69) is 0 Å². The summed E-state index contributed by atoms with van der Waals surface area (Å²) in [6.45, 7) is 1.84. The van der Waals surface area contributed by atoms with Gasteiger partial charge in [-0.2, -0.15) is 0 Å². The van der Waals surface area contributed by atoms with Crippen molar-refractivity contribution in [1.82, 2.24) is 0 Å². The van der Waals surface area contributed by atoms with Gasteiger partial charge in [0.15, 0.2) is 0 Å². The Morgan fingerprint density at radius 1 is 1.00 bits per heavy atom. The molecular formula is C18H32O2. The first kappa shape index (κ1) is 15.9. The number of carboxylic acids is 1. The Morgan fingerprint density at radius 2 is 1.60 bits per heavy atom. The Kier molecular flexibility index (Phi) is 6.38. The standard InChI is InChI=1S/C18H32O2/c1-14(18(19)20)6-5-7-15-10-12-17(13-11-15)16-8-3-2-4-9-16/h14-17H,2-13H2,1H3,(H,19,20). The van der Waals surface area contributed by atoms with Crippen LogP contribution in [0.25, 0.3) is 0 Å². The molecule has 2 rings (SSSR count). The van der Waals surface area contributed by atoms with E-state index in [9.17, 15) is 4.79 Å². The van der Waals surface area contributed by atoms with Gasteiger partial charge < -0.3 is 5.11 Å². The summed E-state index contributed by atoms with van der Waals surface area (Å²) >= 11 is 0. The number of rotatable bonds is 6. The molecule has 0 bridgehead atoms. The number of hydrogen-bond donors (Lipinski definition) is 1. The van der Waals surface area contributed by atoms with Gasteiger partial charge in [-0.3, -0.25) is 4.79 Å². The zero-order valence-corrected chi connectivity index (χ0v) is 13.2. The zero-order chi connectivity index (χ0) is 14.4. The van der Waals surface area contributed by atoms with E-state index in [1.54, 1.807) is 0 Å². The van der Waals surface area contributed by atoms with Crippen molar-refractivity contribution in [1.29, 1.82) is 0 Å². The fraction of sp³-hybridized carbons (Fsp3) is 0.944. The number of carboxylic acid groups (broad SMARTS) is 1. The highest BCUT2D eigenvalue weighted by Gasteiger charge is 2.28. The minimum Gasteiger partial charge on any atom is -0.481 e. The van der Waals surface area contributed by atoms with Crippen molar-refractivity contribution in [3.05, 3.63) is 0 Å². The second kappa shape index (κ2) is 8.05. The maximum absolute atomic E-state index is 10.8. The number of carbonyl (C=O) groups is 1. The van der Waals surface area contributed by atoms with E-state index in [1.807, 2.05) is 6.92 Å². The first-order valence-electron chi connectivity index (χ1n) is 8.89. The van der Waals surface area contributed by atoms with Crippen LogP contribution in [0.15, 0.2) is 0 Å². The third-order valence-corrected chi connectivity index (χ3v) is 5.88. The molecule has 20 heavy (non-hydrogen) atoms. The predicted octanol–water partition coefficient (Wildman–Crippen LogP) is 5.26. The van der Waals surface area contributed by atoms with Crippen LogP contribution in [0.3, 0.4) is 0 Å². The fourth-order valence-electron chi connectivity index (χ4n) is 4.39. The molecule has 0 spiro atoms. The third kappa shape index (κ3) is 4.79. The van der Waals surface area contributed by atoms with Gasteiger partial charge in [-0.15, -0.1) is 0 Å². The maximum Gasteiger partial charge on any atom is 0.306 e. The quantitative estimate of drug-likeness (QED) is 0.720. The van der Waals surface area contributed by atoms with Crippen LogP contribution in [-0.2, 0) is 4.79 Å². The zero-order valence-electron chi connectivity index (χ0n) is 13.2. The molecule has 0 aromatic rings. The van der Waals surface area contributed by atoms with Crippen molar-refractivity contribution in [2.24, 2.45) is 23.7 Å². The van der Waals surface area contributed by atoms with E-state index >= 15 is 0 Å². The smallest absolute Gasteiger partial charge is 0.306 e. The van der Waals surface area contributed by atoms with Gasteiger partial charge in [-0.05, 0) is 37.0 Å². The molecule has 0 amide bonds. The van der Waals surface area contributed by atoms with Crippen LogP contribution in [0, 0.1) is 23.7 Å². The lowest BCUT2D eigenvalue weighted by atomic mass is 9.70. The van der Waals surface area contributed by atoms with E-state index in [4.69, 9.17) is 5.11 Å². The molecule has 0 aliphatic heterocycles. The molecule has 116 valence electrons. The molecule has 0 saturated heterocycles. The summed E-state index contributed by atoms with van der Waals surface area (Å²) in [6, 6.07) is 0. The SMILES string of the molecule is CC(CCCC1CCC(C2CCCCC2)CC1)C(=O)O. The molecular weight excluding hydrogens is 248 g/mol. The van der Waals surface area contributed by atoms with Crippen molar-refractivity contribution in [3.63, 3.8) is 0 Å². The van der Waals surface area contributed by atoms with Gasteiger partial charge in [0.1, 0.15) is 0 Å². The molecule has 2 fully saturated rings. The van der Waals surface area contributed by atoms with Gasteiger partial charge in [0.25, 0.3) is 0 Å². The van der Waals surface area contributed by atoms with Crippen LogP contribution in [-0.4, -0.2) is 11.1 Å².